The van der Waals surface area contributed by atoms with Crippen molar-refractivity contribution >= 4 is 23.3 Å². The van der Waals surface area contributed by atoms with Crippen LogP contribution in [-0.4, -0.2) is 47.3 Å². The second-order valence-electron chi connectivity index (χ2n) is 6.49. The summed E-state index contributed by atoms with van der Waals surface area (Å²) in [7, 11) is 0. The monoisotopic (exact) mass is 399 g/mol. The van der Waals surface area contributed by atoms with Crippen LogP contribution in [0.25, 0.3) is 0 Å². The first-order valence-corrected chi connectivity index (χ1v) is 9.90. The number of nitrogens with one attached hydrogen (secondary N) is 2. The highest BCUT2D eigenvalue weighted by Crippen LogP contribution is 2.07. The predicted octanol–water partition coefficient (Wildman–Crippen LogP) is 2.65. The van der Waals surface area contributed by atoms with Crippen molar-refractivity contribution in [3.05, 3.63) is 65.5 Å². The molecule has 2 rings (SSSR count). The van der Waals surface area contributed by atoms with Gasteiger partial charge in [-0.25, -0.2) is 0 Å². The van der Waals surface area contributed by atoms with Gasteiger partial charge >= 0.3 is 0 Å². The Hall–Kier alpha value is -2.51. The molecule has 0 aliphatic carbocycles. The minimum atomic E-state index is -0.0553. The Morgan fingerprint density at radius 2 is 1.96 bits per heavy atom. The normalized spacial score (nSPS) is 10.5. The summed E-state index contributed by atoms with van der Waals surface area (Å²) < 4.78 is 5.65. The van der Waals surface area contributed by atoms with Gasteiger partial charge in [0.25, 0.3) is 0 Å². The van der Waals surface area contributed by atoms with Crippen LogP contribution < -0.4 is 11.1 Å². The molecule has 0 spiro atoms. The van der Waals surface area contributed by atoms with Crippen LogP contribution in [0.3, 0.4) is 0 Å². The van der Waals surface area contributed by atoms with Crippen LogP contribution in [0, 0.1) is 12.3 Å². The number of benzene rings is 1. The van der Waals surface area contributed by atoms with Crippen molar-refractivity contribution < 1.29 is 4.74 Å². The SMILES string of the molecule is Cc1cccnc1CCCN(C(=N)N)C(=S)NCCOCCc1ccccc1. The fourth-order valence-corrected chi connectivity index (χ4v) is 3.07. The molecule has 0 saturated heterocycles. The third kappa shape index (κ3) is 7.62. The molecule has 0 aliphatic rings. The molecule has 0 amide bonds. The second-order valence-corrected chi connectivity index (χ2v) is 6.87. The molecule has 0 bridgehead atoms. The largest absolute Gasteiger partial charge is 0.379 e. The maximum Gasteiger partial charge on any atom is 0.194 e. The van der Waals surface area contributed by atoms with E-state index in [0.29, 0.717) is 31.4 Å². The van der Waals surface area contributed by atoms with E-state index in [0.717, 1.165) is 25.0 Å². The van der Waals surface area contributed by atoms with Gasteiger partial charge in [-0.05, 0) is 55.6 Å². The van der Waals surface area contributed by atoms with Crippen molar-refractivity contribution in [2.75, 3.05) is 26.3 Å². The lowest BCUT2D eigenvalue weighted by atomic mass is 10.1. The van der Waals surface area contributed by atoms with E-state index in [2.05, 4.69) is 35.4 Å². The van der Waals surface area contributed by atoms with Gasteiger partial charge in [0.05, 0.1) is 13.2 Å². The fourth-order valence-electron chi connectivity index (χ4n) is 2.78. The van der Waals surface area contributed by atoms with Crippen molar-refractivity contribution in [3.63, 3.8) is 0 Å². The molecular weight excluding hydrogens is 370 g/mol. The van der Waals surface area contributed by atoms with Gasteiger partial charge in [-0.1, -0.05) is 36.4 Å². The first-order valence-electron chi connectivity index (χ1n) is 9.49. The zero-order chi connectivity index (χ0) is 20.2. The summed E-state index contributed by atoms with van der Waals surface area (Å²) in [5, 5.41) is 11.4. The van der Waals surface area contributed by atoms with Gasteiger partial charge in [-0.3, -0.25) is 15.3 Å². The highest BCUT2D eigenvalue weighted by Gasteiger charge is 2.12. The lowest BCUT2D eigenvalue weighted by Crippen LogP contribution is -2.48. The Labute approximate surface area is 172 Å². The Morgan fingerprint density at radius 1 is 1.18 bits per heavy atom. The molecule has 0 radical (unpaired) electrons. The number of nitrogens with two attached hydrogens (primary N) is 1. The van der Waals surface area contributed by atoms with Gasteiger partial charge in [-0.2, -0.15) is 0 Å². The molecule has 0 unspecified atom stereocenters. The minimum Gasteiger partial charge on any atom is -0.379 e. The molecule has 0 saturated carbocycles. The molecule has 0 fully saturated rings. The summed E-state index contributed by atoms with van der Waals surface area (Å²) in [6.45, 7) is 4.42. The summed E-state index contributed by atoms with van der Waals surface area (Å²) in [6, 6.07) is 14.2. The standard InChI is InChI=1S/C21H29N5OS/c1-17-7-5-12-24-19(17)10-6-14-26(20(22)23)21(28)25-13-16-27-15-11-18-8-3-2-4-9-18/h2-5,7-9,12H,6,10-11,13-16H2,1H3,(H3,22,23)(H,25,28). The number of ether oxygens (including phenoxy) is 1. The zero-order valence-corrected chi connectivity index (χ0v) is 17.2. The van der Waals surface area contributed by atoms with Gasteiger partial charge < -0.3 is 15.8 Å². The lowest BCUT2D eigenvalue weighted by Gasteiger charge is -2.24. The van der Waals surface area contributed by atoms with E-state index in [4.69, 9.17) is 28.1 Å². The number of aryl methyl sites for hydroxylation is 2. The fraction of sp³-hybridized carbons (Fsp3) is 0.381. The van der Waals surface area contributed by atoms with Gasteiger partial charge in [0, 0.05) is 25.0 Å². The molecule has 150 valence electrons. The highest BCUT2D eigenvalue weighted by atomic mass is 32.1. The van der Waals surface area contributed by atoms with E-state index >= 15 is 0 Å². The van der Waals surface area contributed by atoms with Crippen molar-refractivity contribution in [1.82, 2.24) is 15.2 Å². The highest BCUT2D eigenvalue weighted by molar-refractivity contribution is 7.80. The second kappa shape index (κ2) is 12.0. The topological polar surface area (TPSA) is 87.3 Å². The average molecular weight is 400 g/mol. The van der Waals surface area contributed by atoms with Crippen LogP contribution >= 0.6 is 12.2 Å². The molecule has 4 N–H and O–H groups in total. The molecule has 1 aromatic heterocycles. The number of guanidine groups is 1. The van der Waals surface area contributed by atoms with Crippen LogP contribution in [0.15, 0.2) is 48.7 Å². The first kappa shape index (κ1) is 21.8. The maximum atomic E-state index is 7.78. The number of pyridine rings is 1. The van der Waals surface area contributed by atoms with Gasteiger partial charge in [0.2, 0.25) is 0 Å². The number of hydrogen-bond donors (Lipinski definition) is 3. The van der Waals surface area contributed by atoms with E-state index in [1.807, 2.05) is 24.3 Å². The van der Waals surface area contributed by atoms with Gasteiger partial charge in [0.1, 0.15) is 0 Å². The molecule has 1 heterocycles. The number of aromatic nitrogens is 1. The molecule has 2 aromatic rings. The van der Waals surface area contributed by atoms with Crippen LogP contribution in [0.1, 0.15) is 23.2 Å². The van der Waals surface area contributed by atoms with Crippen LogP contribution in [-0.2, 0) is 17.6 Å². The number of thiocarbonyl (C=S) groups is 1. The number of hydrogen-bond acceptors (Lipinski definition) is 4. The van der Waals surface area contributed by atoms with Crippen LogP contribution in [0.5, 0.6) is 0 Å². The van der Waals surface area contributed by atoms with Crippen molar-refractivity contribution in [1.29, 1.82) is 5.41 Å². The Kier molecular flexibility index (Phi) is 9.37. The van der Waals surface area contributed by atoms with E-state index in [1.165, 1.54) is 11.1 Å². The van der Waals surface area contributed by atoms with Crippen molar-refractivity contribution in [2.45, 2.75) is 26.2 Å². The maximum absolute atomic E-state index is 7.78. The number of nitrogens with zero attached hydrogens (tertiary/aromatic N) is 2. The zero-order valence-electron chi connectivity index (χ0n) is 16.4. The summed E-state index contributed by atoms with van der Waals surface area (Å²) in [4.78, 5) is 6.01. The average Bonchev–Trinajstić information content (AvgIpc) is 2.69. The molecule has 7 heteroatoms. The number of rotatable bonds is 10. The molecular formula is C21H29N5OS. The third-order valence-corrected chi connectivity index (χ3v) is 4.71. The summed E-state index contributed by atoms with van der Waals surface area (Å²) in [6.07, 6.45) is 4.32. The Bertz CT molecular complexity index is 753. The van der Waals surface area contributed by atoms with Crippen LogP contribution in [0.2, 0.25) is 0 Å². The van der Waals surface area contributed by atoms with E-state index in [9.17, 15) is 0 Å². The predicted molar refractivity (Wildman–Crippen MR) is 117 cm³/mol. The molecule has 1 aromatic carbocycles. The quantitative estimate of drug-likeness (QED) is 0.246. The lowest BCUT2D eigenvalue weighted by molar-refractivity contribution is 0.141. The minimum absolute atomic E-state index is 0.0553. The van der Waals surface area contributed by atoms with E-state index in [1.54, 1.807) is 11.1 Å². The Balaban J connectivity index is 1.64. The summed E-state index contributed by atoms with van der Waals surface area (Å²) >= 11 is 5.38. The summed E-state index contributed by atoms with van der Waals surface area (Å²) in [5.41, 5.74) is 9.20. The molecule has 6 nitrogen and oxygen atoms in total. The van der Waals surface area contributed by atoms with Crippen LogP contribution in [0.4, 0.5) is 0 Å². The molecule has 0 atom stereocenters. The Morgan fingerprint density at radius 3 is 2.68 bits per heavy atom. The molecule has 0 aliphatic heterocycles. The molecule has 28 heavy (non-hydrogen) atoms. The van der Waals surface area contributed by atoms with Crippen molar-refractivity contribution in [2.24, 2.45) is 5.73 Å². The van der Waals surface area contributed by atoms with Crippen molar-refractivity contribution in [3.8, 4) is 0 Å². The van der Waals surface area contributed by atoms with Gasteiger partial charge in [0.15, 0.2) is 11.1 Å². The smallest absolute Gasteiger partial charge is 0.194 e. The van der Waals surface area contributed by atoms with Gasteiger partial charge in [-0.15, -0.1) is 0 Å². The third-order valence-electron chi connectivity index (χ3n) is 4.35. The first-order chi connectivity index (χ1) is 13.6. The van der Waals surface area contributed by atoms with E-state index < -0.39 is 0 Å². The summed E-state index contributed by atoms with van der Waals surface area (Å²) in [5.74, 6) is -0.0553. The van der Waals surface area contributed by atoms with E-state index in [-0.39, 0.29) is 5.96 Å².